The molecule has 0 saturated carbocycles. The van der Waals surface area contributed by atoms with Crippen LogP contribution in [0.2, 0.25) is 0 Å². The van der Waals surface area contributed by atoms with Gasteiger partial charge in [-0.15, -0.1) is 0 Å². The topological polar surface area (TPSA) is 3.24 Å². The molecule has 1 nitrogen and oxygen atoms in total. The van der Waals surface area contributed by atoms with E-state index in [0.717, 1.165) is 5.92 Å². The zero-order valence-corrected chi connectivity index (χ0v) is 10.7. The molecule has 1 aliphatic rings. The first kappa shape index (κ1) is 11.7. The van der Waals surface area contributed by atoms with E-state index >= 15 is 0 Å². The van der Waals surface area contributed by atoms with Crippen molar-refractivity contribution in [2.24, 2.45) is 0 Å². The van der Waals surface area contributed by atoms with Gasteiger partial charge in [-0.1, -0.05) is 30.3 Å². The Hall–Kier alpha value is -0.820. The normalized spacial score (nSPS) is 23.3. The van der Waals surface area contributed by atoms with Crippen LogP contribution in [0.25, 0.3) is 0 Å². The van der Waals surface area contributed by atoms with E-state index in [9.17, 15) is 0 Å². The predicted molar refractivity (Wildman–Crippen MR) is 69.7 cm³/mol. The highest BCUT2D eigenvalue weighted by atomic mass is 15.2. The molecule has 0 radical (unpaired) electrons. The smallest absolute Gasteiger partial charge is 0.0125 e. The van der Waals surface area contributed by atoms with Crippen LogP contribution in [0.15, 0.2) is 30.3 Å². The number of hydrogen-bond acceptors (Lipinski definition) is 1. The molecule has 1 heterocycles. The number of benzene rings is 1. The van der Waals surface area contributed by atoms with Gasteiger partial charge in [-0.3, -0.25) is 4.90 Å². The molecule has 0 amide bonds. The minimum absolute atomic E-state index is 0.313. The van der Waals surface area contributed by atoms with Crippen molar-refractivity contribution in [2.75, 3.05) is 13.1 Å². The lowest BCUT2D eigenvalue weighted by Crippen LogP contribution is -2.46. The van der Waals surface area contributed by atoms with Crippen molar-refractivity contribution in [3.8, 4) is 0 Å². The zero-order chi connectivity index (χ0) is 11.6. The second-order valence-corrected chi connectivity index (χ2v) is 5.87. The number of rotatable bonds is 1. The summed E-state index contributed by atoms with van der Waals surface area (Å²) in [5.74, 6) is 0.731. The Labute approximate surface area is 99.5 Å². The minimum atomic E-state index is 0.313. The maximum absolute atomic E-state index is 2.62. The molecule has 0 N–H and O–H groups in total. The van der Waals surface area contributed by atoms with Crippen molar-refractivity contribution in [3.63, 3.8) is 0 Å². The monoisotopic (exact) mass is 217 g/mol. The van der Waals surface area contributed by atoms with Gasteiger partial charge in [0.1, 0.15) is 0 Å². The summed E-state index contributed by atoms with van der Waals surface area (Å²) in [5, 5.41) is 0. The first-order chi connectivity index (χ1) is 7.57. The zero-order valence-electron chi connectivity index (χ0n) is 10.7. The van der Waals surface area contributed by atoms with Gasteiger partial charge in [0.05, 0.1) is 0 Å². The summed E-state index contributed by atoms with van der Waals surface area (Å²) < 4.78 is 0. The van der Waals surface area contributed by atoms with Crippen LogP contribution >= 0.6 is 0 Å². The van der Waals surface area contributed by atoms with Crippen LogP contribution in [-0.2, 0) is 0 Å². The van der Waals surface area contributed by atoms with Gasteiger partial charge < -0.3 is 0 Å². The van der Waals surface area contributed by atoms with Crippen molar-refractivity contribution in [1.29, 1.82) is 0 Å². The summed E-state index contributed by atoms with van der Waals surface area (Å²) in [6.07, 6.45) is 2.67. The molecule has 0 spiro atoms. The van der Waals surface area contributed by atoms with Crippen LogP contribution in [-0.4, -0.2) is 23.5 Å². The molecular weight excluding hydrogens is 194 g/mol. The van der Waals surface area contributed by atoms with Crippen LogP contribution in [0.3, 0.4) is 0 Å². The Morgan fingerprint density at radius 1 is 1.12 bits per heavy atom. The van der Waals surface area contributed by atoms with Crippen molar-refractivity contribution in [3.05, 3.63) is 35.9 Å². The Bertz CT molecular complexity index is 323. The highest BCUT2D eigenvalue weighted by Crippen LogP contribution is 2.30. The molecule has 1 aromatic carbocycles. The number of likely N-dealkylation sites (tertiary alicyclic amines) is 1. The maximum Gasteiger partial charge on any atom is 0.0125 e. The van der Waals surface area contributed by atoms with Gasteiger partial charge >= 0.3 is 0 Å². The average molecular weight is 217 g/mol. The predicted octanol–water partition coefficient (Wildman–Crippen LogP) is 3.66. The third-order valence-corrected chi connectivity index (χ3v) is 3.64. The summed E-state index contributed by atoms with van der Waals surface area (Å²) in [6.45, 7) is 9.43. The average Bonchev–Trinajstić information content (AvgIpc) is 2.29. The van der Waals surface area contributed by atoms with Crippen molar-refractivity contribution >= 4 is 0 Å². The SMILES string of the molecule is CC(C)(C)N1CCC[C@@H](c2ccccc2)C1. The van der Waals surface area contributed by atoms with Gasteiger partial charge in [-0.2, -0.15) is 0 Å². The van der Waals surface area contributed by atoms with E-state index in [2.05, 4.69) is 56.0 Å². The molecule has 2 rings (SSSR count). The Morgan fingerprint density at radius 3 is 2.44 bits per heavy atom. The molecule has 1 fully saturated rings. The Morgan fingerprint density at radius 2 is 1.81 bits per heavy atom. The number of piperidine rings is 1. The molecule has 0 bridgehead atoms. The standard InChI is InChI=1S/C15H23N/c1-15(2,3)16-11-7-10-14(12-16)13-8-5-4-6-9-13/h4-6,8-9,14H,7,10-12H2,1-3H3/t14-/m1/s1. The fourth-order valence-electron chi connectivity index (χ4n) is 2.58. The lowest BCUT2D eigenvalue weighted by molar-refractivity contribution is 0.0986. The fraction of sp³-hybridized carbons (Fsp3) is 0.600. The van der Waals surface area contributed by atoms with Crippen LogP contribution in [0.5, 0.6) is 0 Å². The highest BCUT2D eigenvalue weighted by Gasteiger charge is 2.28. The lowest BCUT2D eigenvalue weighted by atomic mass is 9.88. The van der Waals surface area contributed by atoms with Crippen LogP contribution < -0.4 is 0 Å². The largest absolute Gasteiger partial charge is 0.298 e. The van der Waals surface area contributed by atoms with Crippen LogP contribution in [0.1, 0.15) is 45.1 Å². The third-order valence-electron chi connectivity index (χ3n) is 3.64. The summed E-state index contributed by atoms with van der Waals surface area (Å²) in [5.41, 5.74) is 1.82. The fourth-order valence-corrected chi connectivity index (χ4v) is 2.58. The lowest BCUT2D eigenvalue weighted by Gasteiger charge is -2.41. The molecule has 1 heteroatoms. The molecule has 16 heavy (non-hydrogen) atoms. The van der Waals surface area contributed by atoms with Gasteiger partial charge in [-0.05, 0) is 51.6 Å². The molecule has 0 unspecified atom stereocenters. The summed E-state index contributed by atoms with van der Waals surface area (Å²) in [6, 6.07) is 11.0. The van der Waals surface area contributed by atoms with E-state index in [4.69, 9.17) is 0 Å². The van der Waals surface area contributed by atoms with E-state index in [1.54, 1.807) is 0 Å². The van der Waals surface area contributed by atoms with Gasteiger partial charge in [0.2, 0.25) is 0 Å². The van der Waals surface area contributed by atoms with Gasteiger partial charge in [0.15, 0.2) is 0 Å². The summed E-state index contributed by atoms with van der Waals surface area (Å²) >= 11 is 0. The molecule has 88 valence electrons. The Kier molecular flexibility index (Phi) is 3.34. The second kappa shape index (κ2) is 4.58. The van der Waals surface area contributed by atoms with E-state index in [1.165, 1.54) is 31.5 Å². The maximum atomic E-state index is 2.62. The summed E-state index contributed by atoms with van der Waals surface area (Å²) in [4.78, 5) is 2.62. The number of nitrogens with zero attached hydrogens (tertiary/aromatic N) is 1. The van der Waals surface area contributed by atoms with E-state index < -0.39 is 0 Å². The highest BCUT2D eigenvalue weighted by molar-refractivity contribution is 5.20. The molecular formula is C15H23N. The van der Waals surface area contributed by atoms with Gasteiger partial charge in [0, 0.05) is 12.1 Å². The van der Waals surface area contributed by atoms with Crippen LogP contribution in [0.4, 0.5) is 0 Å². The second-order valence-electron chi connectivity index (χ2n) is 5.87. The van der Waals surface area contributed by atoms with Crippen molar-refractivity contribution in [1.82, 2.24) is 4.90 Å². The van der Waals surface area contributed by atoms with Crippen molar-refractivity contribution in [2.45, 2.75) is 45.1 Å². The first-order valence-electron chi connectivity index (χ1n) is 6.37. The van der Waals surface area contributed by atoms with Gasteiger partial charge in [-0.25, -0.2) is 0 Å². The minimum Gasteiger partial charge on any atom is -0.298 e. The quantitative estimate of drug-likeness (QED) is 0.694. The number of hydrogen-bond donors (Lipinski definition) is 0. The van der Waals surface area contributed by atoms with Crippen LogP contribution in [0, 0.1) is 0 Å². The first-order valence-corrected chi connectivity index (χ1v) is 6.37. The summed E-state index contributed by atoms with van der Waals surface area (Å²) in [7, 11) is 0. The molecule has 1 aromatic rings. The molecule has 0 aliphatic carbocycles. The molecule has 1 atom stereocenters. The molecule has 1 saturated heterocycles. The van der Waals surface area contributed by atoms with Gasteiger partial charge in [0.25, 0.3) is 0 Å². The molecule has 1 aliphatic heterocycles. The van der Waals surface area contributed by atoms with Crippen molar-refractivity contribution < 1.29 is 0 Å². The van der Waals surface area contributed by atoms with E-state index in [0.29, 0.717) is 5.54 Å². The van der Waals surface area contributed by atoms with E-state index in [1.807, 2.05) is 0 Å². The third kappa shape index (κ3) is 2.65. The molecule has 0 aromatic heterocycles. The Balaban J connectivity index is 2.08. The van der Waals surface area contributed by atoms with E-state index in [-0.39, 0.29) is 0 Å².